The quantitative estimate of drug-likeness (QED) is 0.326. The fraction of sp³-hybridized carbons (Fsp3) is 0.320. The summed E-state index contributed by atoms with van der Waals surface area (Å²) >= 11 is 2.34. The van der Waals surface area contributed by atoms with E-state index in [0.717, 1.165) is 35.2 Å². The van der Waals surface area contributed by atoms with Crippen molar-refractivity contribution in [3.8, 4) is 17.9 Å². The minimum Gasteiger partial charge on any atom is -0.383 e. The Morgan fingerprint density at radius 2 is 2.16 bits per heavy atom. The van der Waals surface area contributed by atoms with Crippen LogP contribution in [0.15, 0.2) is 30.5 Å². The van der Waals surface area contributed by atoms with E-state index < -0.39 is 0 Å². The third-order valence-corrected chi connectivity index (χ3v) is 6.76. The van der Waals surface area contributed by atoms with Crippen LogP contribution in [0.25, 0.3) is 11.0 Å². The molecule has 1 aliphatic carbocycles. The summed E-state index contributed by atoms with van der Waals surface area (Å²) in [5.74, 6) is 5.98. The molecule has 0 spiro atoms. The van der Waals surface area contributed by atoms with E-state index in [1.165, 1.54) is 3.57 Å². The van der Waals surface area contributed by atoms with Gasteiger partial charge in [-0.25, -0.2) is 4.98 Å². The van der Waals surface area contributed by atoms with Crippen LogP contribution in [0.2, 0.25) is 0 Å². The van der Waals surface area contributed by atoms with Crippen molar-refractivity contribution < 1.29 is 9.53 Å². The topological polar surface area (TPSA) is 71.2 Å². The highest BCUT2D eigenvalue weighted by Crippen LogP contribution is 2.46. The minimum absolute atomic E-state index is 0.334. The molecule has 0 atom stereocenters. The molecule has 1 fully saturated rings. The summed E-state index contributed by atoms with van der Waals surface area (Å²) in [6.07, 6.45) is 4.01. The SMILES string of the molecule is CC#CC(=O)N(c1ccc2c(n1)c(C#N)cn2CCOC)c1cc(C)c(I)cc1C1CC1. The zero-order valence-electron chi connectivity index (χ0n) is 18.3. The van der Waals surface area contributed by atoms with Crippen LogP contribution in [0.5, 0.6) is 0 Å². The molecule has 3 aromatic rings. The number of methoxy groups -OCH3 is 1. The fourth-order valence-electron chi connectivity index (χ4n) is 3.84. The fourth-order valence-corrected chi connectivity index (χ4v) is 4.33. The molecule has 7 heteroatoms. The molecule has 162 valence electrons. The number of halogens is 1. The van der Waals surface area contributed by atoms with Crippen molar-refractivity contribution >= 4 is 51.0 Å². The normalized spacial score (nSPS) is 12.8. The number of nitriles is 1. The number of fused-ring (bicyclic) bond motifs is 1. The third kappa shape index (κ3) is 4.23. The number of aromatic nitrogens is 2. The Bertz CT molecular complexity index is 1310. The summed E-state index contributed by atoms with van der Waals surface area (Å²) in [5, 5.41) is 9.67. The highest BCUT2D eigenvalue weighted by molar-refractivity contribution is 14.1. The number of carbonyl (C=O) groups is 1. The van der Waals surface area contributed by atoms with E-state index in [0.29, 0.717) is 36.0 Å². The van der Waals surface area contributed by atoms with Gasteiger partial charge in [0, 0.05) is 23.4 Å². The number of anilines is 2. The molecule has 0 unspecified atom stereocenters. The predicted molar refractivity (Wildman–Crippen MR) is 133 cm³/mol. The number of benzene rings is 1. The summed E-state index contributed by atoms with van der Waals surface area (Å²) in [5.41, 5.74) is 4.93. The Labute approximate surface area is 201 Å². The average Bonchev–Trinajstić information content (AvgIpc) is 3.56. The van der Waals surface area contributed by atoms with Crippen molar-refractivity contribution in [1.29, 1.82) is 5.26 Å². The van der Waals surface area contributed by atoms with E-state index in [-0.39, 0.29) is 5.91 Å². The molecule has 1 aliphatic rings. The second kappa shape index (κ2) is 9.32. The summed E-state index contributed by atoms with van der Waals surface area (Å²) in [7, 11) is 1.64. The Morgan fingerprint density at radius 3 is 2.81 bits per heavy atom. The number of aryl methyl sites for hydroxylation is 1. The summed E-state index contributed by atoms with van der Waals surface area (Å²) in [6.45, 7) is 4.83. The molecular formula is C25H23IN4O2. The van der Waals surface area contributed by atoms with Crippen LogP contribution < -0.4 is 4.90 Å². The lowest BCUT2D eigenvalue weighted by molar-refractivity contribution is -0.112. The second-order valence-corrected chi connectivity index (χ2v) is 8.99. The number of nitrogens with zero attached hydrogens (tertiary/aromatic N) is 4. The van der Waals surface area contributed by atoms with Crippen molar-refractivity contribution in [3.05, 3.63) is 50.7 Å². The first kappa shape index (κ1) is 22.3. The van der Waals surface area contributed by atoms with Gasteiger partial charge in [-0.2, -0.15) is 5.26 Å². The first-order valence-electron chi connectivity index (χ1n) is 10.4. The molecule has 32 heavy (non-hydrogen) atoms. The number of ether oxygens (including phenoxy) is 1. The Kier molecular flexibility index (Phi) is 6.50. The van der Waals surface area contributed by atoms with Crippen LogP contribution in [0.4, 0.5) is 11.5 Å². The molecule has 1 saturated carbocycles. The molecule has 2 aromatic heterocycles. The zero-order valence-corrected chi connectivity index (χ0v) is 20.4. The van der Waals surface area contributed by atoms with Gasteiger partial charge >= 0.3 is 5.91 Å². The second-order valence-electron chi connectivity index (χ2n) is 7.83. The van der Waals surface area contributed by atoms with E-state index in [1.807, 2.05) is 29.7 Å². The van der Waals surface area contributed by atoms with Gasteiger partial charge in [0.15, 0.2) is 0 Å². The van der Waals surface area contributed by atoms with Crippen molar-refractivity contribution in [2.75, 3.05) is 18.6 Å². The van der Waals surface area contributed by atoms with E-state index in [4.69, 9.17) is 9.72 Å². The minimum atomic E-state index is -0.334. The van der Waals surface area contributed by atoms with Gasteiger partial charge in [0.2, 0.25) is 0 Å². The monoisotopic (exact) mass is 538 g/mol. The highest BCUT2D eigenvalue weighted by atomic mass is 127. The van der Waals surface area contributed by atoms with Crippen LogP contribution >= 0.6 is 22.6 Å². The van der Waals surface area contributed by atoms with E-state index >= 15 is 0 Å². The molecule has 6 nitrogen and oxygen atoms in total. The lowest BCUT2D eigenvalue weighted by Crippen LogP contribution is -2.26. The number of hydrogen-bond acceptors (Lipinski definition) is 4. The first-order chi connectivity index (χ1) is 15.5. The van der Waals surface area contributed by atoms with Gasteiger partial charge in [-0.05, 0) is 96.5 Å². The lowest BCUT2D eigenvalue weighted by Gasteiger charge is -2.24. The average molecular weight is 538 g/mol. The molecule has 0 bridgehead atoms. The smallest absolute Gasteiger partial charge is 0.308 e. The van der Waals surface area contributed by atoms with Crippen molar-refractivity contribution in [2.24, 2.45) is 0 Å². The largest absolute Gasteiger partial charge is 0.383 e. The Hall–Kier alpha value is -2.88. The number of hydrogen-bond donors (Lipinski definition) is 0. The van der Waals surface area contributed by atoms with Crippen LogP contribution in [-0.2, 0) is 16.1 Å². The maximum atomic E-state index is 13.2. The van der Waals surface area contributed by atoms with Crippen molar-refractivity contribution in [2.45, 2.75) is 39.2 Å². The van der Waals surface area contributed by atoms with Gasteiger partial charge in [-0.3, -0.25) is 9.69 Å². The number of rotatable bonds is 6. The third-order valence-electron chi connectivity index (χ3n) is 5.60. The van der Waals surface area contributed by atoms with Gasteiger partial charge in [0.25, 0.3) is 0 Å². The van der Waals surface area contributed by atoms with E-state index in [9.17, 15) is 10.1 Å². The van der Waals surface area contributed by atoms with Crippen LogP contribution in [0, 0.1) is 33.7 Å². The van der Waals surface area contributed by atoms with Crippen LogP contribution in [0.1, 0.15) is 42.4 Å². The first-order valence-corrected chi connectivity index (χ1v) is 11.5. The molecule has 1 amide bonds. The predicted octanol–water partition coefficient (Wildman–Crippen LogP) is 5.03. The zero-order chi connectivity index (χ0) is 22.8. The number of pyridine rings is 1. The van der Waals surface area contributed by atoms with Gasteiger partial charge in [0.1, 0.15) is 17.4 Å². The highest BCUT2D eigenvalue weighted by Gasteiger charge is 2.31. The summed E-state index contributed by atoms with van der Waals surface area (Å²) in [4.78, 5) is 19.6. The molecule has 0 N–H and O–H groups in total. The van der Waals surface area contributed by atoms with Crippen molar-refractivity contribution in [3.63, 3.8) is 0 Å². The van der Waals surface area contributed by atoms with Crippen LogP contribution in [0.3, 0.4) is 0 Å². The molecule has 1 aromatic carbocycles. The van der Waals surface area contributed by atoms with Gasteiger partial charge in [-0.1, -0.05) is 5.92 Å². The molecule has 4 rings (SSSR count). The summed E-state index contributed by atoms with van der Waals surface area (Å²) in [6, 6.07) is 10.2. The van der Waals surface area contributed by atoms with Crippen LogP contribution in [-0.4, -0.2) is 29.2 Å². The Morgan fingerprint density at radius 1 is 1.38 bits per heavy atom. The number of carbonyl (C=O) groups excluding carboxylic acids is 1. The van der Waals surface area contributed by atoms with Gasteiger partial charge in [-0.15, -0.1) is 0 Å². The molecular weight excluding hydrogens is 515 g/mol. The lowest BCUT2D eigenvalue weighted by atomic mass is 10.0. The Balaban J connectivity index is 1.90. The van der Waals surface area contributed by atoms with Crippen molar-refractivity contribution in [1.82, 2.24) is 9.55 Å². The summed E-state index contributed by atoms with van der Waals surface area (Å²) < 4.78 is 8.31. The maximum absolute atomic E-state index is 13.2. The standard InChI is InChI=1S/C25H23IN4O2/c1-4-5-24(31)30(22-12-16(2)20(26)13-19(22)17-6-7-17)23-9-8-21-25(28-23)18(14-27)15-29(21)10-11-32-3/h8-9,12-13,15,17H,6-7,10-11H2,1-3H3. The van der Waals surface area contributed by atoms with Gasteiger partial charge in [0.05, 0.1) is 23.4 Å². The van der Waals surface area contributed by atoms with E-state index in [1.54, 1.807) is 25.1 Å². The number of amides is 1. The molecule has 2 heterocycles. The van der Waals surface area contributed by atoms with E-state index in [2.05, 4.69) is 46.6 Å². The van der Waals surface area contributed by atoms with Gasteiger partial charge < -0.3 is 9.30 Å². The maximum Gasteiger partial charge on any atom is 0.308 e. The molecule has 0 saturated heterocycles. The molecule has 0 aliphatic heterocycles. The molecule has 0 radical (unpaired) electrons.